The number of hydrogen-bond donors (Lipinski definition) is 2. The maximum atomic E-state index is 13.2. The number of sulfonamides is 1. The molecule has 2 N–H and O–H groups in total. The van der Waals surface area contributed by atoms with E-state index in [1.165, 1.54) is 11.4 Å². The predicted octanol–water partition coefficient (Wildman–Crippen LogP) is 3.97. The van der Waals surface area contributed by atoms with Crippen LogP contribution in [-0.2, 0) is 10.0 Å². The lowest BCUT2D eigenvalue weighted by Crippen LogP contribution is -2.38. The molecule has 1 aliphatic heterocycles. The van der Waals surface area contributed by atoms with E-state index in [0.29, 0.717) is 46.7 Å². The minimum Gasteiger partial charge on any atom is -0.495 e. The Hall–Kier alpha value is -2.03. The zero-order valence-corrected chi connectivity index (χ0v) is 18.6. The van der Waals surface area contributed by atoms with Crippen LogP contribution in [-0.4, -0.2) is 43.8 Å². The molecule has 0 bridgehead atoms. The van der Waals surface area contributed by atoms with Crippen LogP contribution in [0.3, 0.4) is 0 Å². The maximum Gasteiger partial charge on any atom is 0.272 e. The molecule has 0 saturated carbocycles. The van der Waals surface area contributed by atoms with Gasteiger partial charge in [0.15, 0.2) is 0 Å². The molecule has 2 aromatic rings. The van der Waals surface area contributed by atoms with Crippen LogP contribution >= 0.6 is 11.6 Å². The highest BCUT2D eigenvalue weighted by Crippen LogP contribution is 2.31. The van der Waals surface area contributed by atoms with Gasteiger partial charge in [0, 0.05) is 23.8 Å². The minimum atomic E-state index is -3.68. The second kappa shape index (κ2) is 8.38. The molecule has 1 fully saturated rings. The number of aromatic amines is 1. The molecule has 0 unspecified atom stereocenters. The van der Waals surface area contributed by atoms with E-state index in [0.717, 1.165) is 12.8 Å². The first kappa shape index (κ1) is 21.7. The van der Waals surface area contributed by atoms with Gasteiger partial charge < -0.3 is 15.0 Å². The lowest BCUT2D eigenvalue weighted by molar-refractivity contribution is 0.102. The van der Waals surface area contributed by atoms with E-state index in [4.69, 9.17) is 16.3 Å². The zero-order valence-electron chi connectivity index (χ0n) is 17.0. The summed E-state index contributed by atoms with van der Waals surface area (Å²) >= 11 is 6.02. The molecule has 0 spiro atoms. The summed E-state index contributed by atoms with van der Waals surface area (Å²) in [5, 5.41) is 3.20. The summed E-state index contributed by atoms with van der Waals surface area (Å²) in [5.74, 6) is 0.516. The van der Waals surface area contributed by atoms with Gasteiger partial charge in [0.25, 0.3) is 5.91 Å². The Bertz CT molecular complexity index is 1020. The molecule has 29 heavy (non-hydrogen) atoms. The molecule has 1 amide bonds. The fourth-order valence-electron chi connectivity index (χ4n) is 3.66. The van der Waals surface area contributed by atoms with Gasteiger partial charge in [-0.05, 0) is 56.4 Å². The average Bonchev–Trinajstić information content (AvgIpc) is 2.97. The third kappa shape index (κ3) is 4.29. The summed E-state index contributed by atoms with van der Waals surface area (Å²) in [4.78, 5) is 16.0. The van der Waals surface area contributed by atoms with Crippen LogP contribution in [0.5, 0.6) is 5.75 Å². The largest absolute Gasteiger partial charge is 0.495 e. The Morgan fingerprint density at radius 2 is 1.93 bits per heavy atom. The standard InChI is InChI=1S/C20H26ClN3O4S/c1-12-7-9-24(10-8-12)29(26,27)19-13(2)18(22-14(19)3)20(25)23-16-11-15(21)5-6-17(16)28-4/h5-6,11-12,22H,7-10H2,1-4H3,(H,23,25). The van der Waals surface area contributed by atoms with Gasteiger partial charge >= 0.3 is 0 Å². The fraction of sp³-hybridized carbons (Fsp3) is 0.450. The first-order valence-electron chi connectivity index (χ1n) is 9.49. The third-order valence-electron chi connectivity index (χ3n) is 5.35. The molecule has 0 atom stereocenters. The van der Waals surface area contributed by atoms with Crippen molar-refractivity contribution in [1.29, 1.82) is 0 Å². The van der Waals surface area contributed by atoms with E-state index in [2.05, 4.69) is 17.2 Å². The number of rotatable bonds is 5. The summed E-state index contributed by atoms with van der Waals surface area (Å²) in [5.41, 5.74) is 1.46. The van der Waals surface area contributed by atoms with Crippen LogP contribution in [0, 0.1) is 19.8 Å². The van der Waals surface area contributed by atoms with Gasteiger partial charge in [0.2, 0.25) is 10.0 Å². The van der Waals surface area contributed by atoms with E-state index in [1.54, 1.807) is 32.0 Å². The molecule has 7 nitrogen and oxygen atoms in total. The van der Waals surface area contributed by atoms with Crippen molar-refractivity contribution in [3.8, 4) is 5.75 Å². The number of benzene rings is 1. The molecule has 1 aromatic heterocycles. The van der Waals surface area contributed by atoms with Gasteiger partial charge in [-0.15, -0.1) is 0 Å². The van der Waals surface area contributed by atoms with Gasteiger partial charge in [-0.1, -0.05) is 18.5 Å². The van der Waals surface area contributed by atoms with Crippen LogP contribution in [0.25, 0.3) is 0 Å². The van der Waals surface area contributed by atoms with E-state index < -0.39 is 15.9 Å². The number of aromatic nitrogens is 1. The van der Waals surface area contributed by atoms with Gasteiger partial charge in [0.1, 0.15) is 16.3 Å². The van der Waals surface area contributed by atoms with Gasteiger partial charge in [-0.25, -0.2) is 8.42 Å². The Morgan fingerprint density at radius 1 is 1.28 bits per heavy atom. The van der Waals surface area contributed by atoms with E-state index in [9.17, 15) is 13.2 Å². The van der Waals surface area contributed by atoms with Crippen molar-refractivity contribution in [2.75, 3.05) is 25.5 Å². The number of hydrogen-bond acceptors (Lipinski definition) is 4. The quantitative estimate of drug-likeness (QED) is 0.737. The maximum absolute atomic E-state index is 13.2. The van der Waals surface area contributed by atoms with Crippen LogP contribution in [0.4, 0.5) is 5.69 Å². The topological polar surface area (TPSA) is 91.5 Å². The summed E-state index contributed by atoms with van der Waals surface area (Å²) in [6, 6.07) is 4.89. The Kier molecular flexibility index (Phi) is 6.26. The first-order valence-corrected chi connectivity index (χ1v) is 11.3. The normalized spacial score (nSPS) is 16.0. The Balaban J connectivity index is 1.91. The average molecular weight is 440 g/mol. The van der Waals surface area contributed by atoms with Crippen molar-refractivity contribution in [2.45, 2.75) is 38.5 Å². The van der Waals surface area contributed by atoms with Gasteiger partial charge in [-0.3, -0.25) is 4.79 Å². The first-order chi connectivity index (χ1) is 13.6. The van der Waals surface area contributed by atoms with E-state index in [1.807, 2.05) is 0 Å². The summed E-state index contributed by atoms with van der Waals surface area (Å²) in [7, 11) is -2.18. The lowest BCUT2D eigenvalue weighted by atomic mass is 10.0. The SMILES string of the molecule is COc1ccc(Cl)cc1NC(=O)c1[nH]c(C)c(S(=O)(=O)N2CCC(C)CC2)c1C. The van der Waals surface area contributed by atoms with Crippen molar-refractivity contribution in [3.63, 3.8) is 0 Å². The number of nitrogens with zero attached hydrogens (tertiary/aromatic N) is 1. The zero-order chi connectivity index (χ0) is 21.3. The smallest absolute Gasteiger partial charge is 0.272 e. The second-order valence-corrected chi connectivity index (χ2v) is 9.78. The predicted molar refractivity (Wildman–Crippen MR) is 113 cm³/mol. The van der Waals surface area contributed by atoms with Crippen molar-refractivity contribution >= 4 is 33.2 Å². The fourth-order valence-corrected chi connectivity index (χ4v) is 5.71. The number of carbonyl (C=O) groups is 1. The van der Waals surface area contributed by atoms with Crippen molar-refractivity contribution in [2.24, 2.45) is 5.92 Å². The number of halogens is 1. The molecule has 158 valence electrons. The molecule has 9 heteroatoms. The number of amides is 1. The molecule has 0 radical (unpaired) electrons. The second-order valence-electron chi connectivity index (χ2n) is 7.46. The van der Waals surface area contributed by atoms with Crippen LogP contribution in [0.15, 0.2) is 23.1 Å². The van der Waals surface area contributed by atoms with Crippen molar-refractivity contribution in [1.82, 2.24) is 9.29 Å². The van der Waals surface area contributed by atoms with E-state index >= 15 is 0 Å². The Labute approximate surface area is 176 Å². The molecule has 1 saturated heterocycles. The van der Waals surface area contributed by atoms with Crippen LogP contribution in [0.1, 0.15) is 41.5 Å². The highest BCUT2D eigenvalue weighted by Gasteiger charge is 2.33. The number of carbonyl (C=O) groups excluding carboxylic acids is 1. The molecular formula is C20H26ClN3O4S. The monoisotopic (exact) mass is 439 g/mol. The number of aryl methyl sites for hydroxylation is 1. The molecule has 0 aliphatic carbocycles. The molecular weight excluding hydrogens is 414 g/mol. The third-order valence-corrected chi connectivity index (χ3v) is 7.75. The van der Waals surface area contributed by atoms with Gasteiger partial charge in [0.05, 0.1) is 12.8 Å². The van der Waals surface area contributed by atoms with Gasteiger partial charge in [-0.2, -0.15) is 4.31 Å². The highest BCUT2D eigenvalue weighted by molar-refractivity contribution is 7.89. The number of H-pyrrole nitrogens is 1. The van der Waals surface area contributed by atoms with Crippen molar-refractivity contribution in [3.05, 3.63) is 40.2 Å². The van der Waals surface area contributed by atoms with Crippen LogP contribution < -0.4 is 10.1 Å². The van der Waals surface area contributed by atoms with Crippen LogP contribution in [0.2, 0.25) is 5.02 Å². The molecule has 3 rings (SSSR count). The summed E-state index contributed by atoms with van der Waals surface area (Å²) in [6.07, 6.45) is 1.67. The minimum absolute atomic E-state index is 0.176. The Morgan fingerprint density at radius 3 is 2.55 bits per heavy atom. The number of piperidine rings is 1. The lowest BCUT2D eigenvalue weighted by Gasteiger charge is -2.29. The molecule has 1 aromatic carbocycles. The number of methoxy groups -OCH3 is 1. The van der Waals surface area contributed by atoms with E-state index in [-0.39, 0.29) is 10.6 Å². The highest BCUT2D eigenvalue weighted by atomic mass is 35.5. The summed E-state index contributed by atoms with van der Waals surface area (Å²) in [6.45, 7) is 6.43. The number of ether oxygens (including phenoxy) is 1. The molecule has 1 aliphatic rings. The molecule has 2 heterocycles. The number of nitrogens with one attached hydrogen (secondary N) is 2. The number of anilines is 1. The van der Waals surface area contributed by atoms with Crippen molar-refractivity contribution < 1.29 is 17.9 Å². The summed E-state index contributed by atoms with van der Waals surface area (Å²) < 4.78 is 33.2.